The van der Waals surface area contributed by atoms with Crippen molar-refractivity contribution in [1.29, 1.82) is 5.26 Å². The smallest absolute Gasteiger partial charge is 0.0587 e. The lowest BCUT2D eigenvalue weighted by Crippen LogP contribution is -1.98. The normalized spacial score (nSPS) is 14.4. The second kappa shape index (κ2) is 14.5. The van der Waals surface area contributed by atoms with Gasteiger partial charge in [-0.2, -0.15) is 5.26 Å². The van der Waals surface area contributed by atoms with Gasteiger partial charge in [-0.15, -0.1) is 0 Å². The van der Waals surface area contributed by atoms with Crippen LogP contribution in [0.3, 0.4) is 0 Å². The predicted molar refractivity (Wildman–Crippen MR) is 100 cm³/mol. The molecule has 0 aromatic heterocycles. The van der Waals surface area contributed by atoms with E-state index in [0.29, 0.717) is 0 Å². The molecule has 0 unspecified atom stereocenters. The van der Waals surface area contributed by atoms with Crippen molar-refractivity contribution < 1.29 is 4.74 Å². The van der Waals surface area contributed by atoms with E-state index in [9.17, 15) is 0 Å². The minimum atomic E-state index is 0.755. The molecule has 1 aliphatic carbocycles. The third-order valence-corrected chi connectivity index (χ3v) is 4.27. The highest BCUT2D eigenvalue weighted by molar-refractivity contribution is 6.31. The van der Waals surface area contributed by atoms with Crippen molar-refractivity contribution in [3.63, 3.8) is 0 Å². The molecule has 0 spiro atoms. The van der Waals surface area contributed by atoms with Crippen LogP contribution in [0.1, 0.15) is 75.8 Å². The summed E-state index contributed by atoms with van der Waals surface area (Å²) in [6, 6.07) is 8.53. The zero-order chi connectivity index (χ0) is 17.5. The zero-order valence-electron chi connectivity index (χ0n) is 15.2. The van der Waals surface area contributed by atoms with Crippen LogP contribution in [-0.4, -0.2) is 14.2 Å². The molecule has 0 bridgehead atoms. The molecule has 0 radical (unpaired) electrons. The molecule has 23 heavy (non-hydrogen) atoms. The lowest BCUT2D eigenvalue weighted by atomic mass is 9.91. The predicted octanol–water partition coefficient (Wildman–Crippen LogP) is 6.52. The van der Waals surface area contributed by atoms with Crippen LogP contribution in [0.25, 0.3) is 0 Å². The number of nitrogens with zero attached hydrogens (tertiary/aromatic N) is 1. The minimum absolute atomic E-state index is 0.755. The van der Waals surface area contributed by atoms with Gasteiger partial charge in [0.25, 0.3) is 0 Å². The molecular formula is C20H32ClNO. The standard InChI is InChI=1S/C16H23Cl.C2H3N.C2H6O/c1-2-7-14-10-11-15(12-16(14)17)13-8-5-3-4-6-9-13;1-2-3;1-3-2/h10-13H,2-9H2,1H3;1H3;1-2H3. The molecule has 0 saturated heterocycles. The third-order valence-electron chi connectivity index (χ3n) is 3.92. The molecule has 2 nitrogen and oxygen atoms in total. The van der Waals surface area contributed by atoms with E-state index in [2.05, 4.69) is 29.9 Å². The van der Waals surface area contributed by atoms with Crippen molar-refractivity contribution >= 4 is 11.6 Å². The van der Waals surface area contributed by atoms with Gasteiger partial charge in [0.1, 0.15) is 0 Å². The minimum Gasteiger partial charge on any atom is -0.388 e. The Labute approximate surface area is 147 Å². The molecule has 3 heteroatoms. The number of halogens is 1. The molecule has 1 fully saturated rings. The Bertz CT molecular complexity index is 445. The summed E-state index contributed by atoms with van der Waals surface area (Å²) in [6.45, 7) is 3.63. The summed E-state index contributed by atoms with van der Waals surface area (Å²) in [7, 11) is 3.25. The summed E-state index contributed by atoms with van der Waals surface area (Å²) in [5.41, 5.74) is 2.78. The van der Waals surface area contributed by atoms with Gasteiger partial charge in [-0.3, -0.25) is 0 Å². The van der Waals surface area contributed by atoms with Gasteiger partial charge in [-0.05, 0) is 42.4 Å². The molecule has 1 saturated carbocycles. The largest absolute Gasteiger partial charge is 0.388 e. The van der Waals surface area contributed by atoms with Crippen molar-refractivity contribution in [2.75, 3.05) is 14.2 Å². The first-order valence-corrected chi connectivity index (χ1v) is 9.01. The van der Waals surface area contributed by atoms with Crippen molar-refractivity contribution in [2.45, 2.75) is 71.1 Å². The number of ether oxygens (including phenoxy) is 1. The summed E-state index contributed by atoms with van der Waals surface area (Å²) in [4.78, 5) is 0. The van der Waals surface area contributed by atoms with Crippen LogP contribution in [0.2, 0.25) is 5.02 Å². The Morgan fingerprint density at radius 2 is 1.70 bits per heavy atom. The van der Waals surface area contributed by atoms with Crippen LogP contribution in [0.15, 0.2) is 18.2 Å². The van der Waals surface area contributed by atoms with Gasteiger partial charge in [0.2, 0.25) is 0 Å². The van der Waals surface area contributed by atoms with Gasteiger partial charge in [0.15, 0.2) is 0 Å². The first-order chi connectivity index (χ1) is 11.1. The lowest BCUT2D eigenvalue weighted by Gasteiger charge is -2.16. The van der Waals surface area contributed by atoms with Gasteiger partial charge in [-0.1, -0.05) is 62.8 Å². The van der Waals surface area contributed by atoms with Crippen LogP contribution in [-0.2, 0) is 11.2 Å². The summed E-state index contributed by atoms with van der Waals surface area (Å²) in [5.74, 6) is 0.755. The van der Waals surface area contributed by atoms with E-state index in [4.69, 9.17) is 16.9 Å². The quantitative estimate of drug-likeness (QED) is 0.588. The molecule has 0 N–H and O–H groups in total. The Kier molecular flexibility index (Phi) is 13.9. The molecule has 130 valence electrons. The molecule has 0 amide bonds. The third kappa shape index (κ3) is 9.64. The van der Waals surface area contributed by atoms with E-state index in [0.717, 1.165) is 17.4 Å². The fourth-order valence-corrected chi connectivity index (χ4v) is 3.19. The van der Waals surface area contributed by atoms with Gasteiger partial charge in [0, 0.05) is 26.2 Å². The van der Waals surface area contributed by atoms with Gasteiger partial charge in [-0.25, -0.2) is 0 Å². The average Bonchev–Trinajstić information content (AvgIpc) is 2.80. The van der Waals surface area contributed by atoms with E-state index in [-0.39, 0.29) is 0 Å². The van der Waals surface area contributed by atoms with Gasteiger partial charge < -0.3 is 4.74 Å². The number of rotatable bonds is 3. The summed E-state index contributed by atoms with van der Waals surface area (Å²) in [6.07, 6.45) is 10.6. The zero-order valence-corrected chi connectivity index (χ0v) is 16.0. The molecule has 1 aromatic rings. The van der Waals surface area contributed by atoms with Crippen molar-refractivity contribution in [1.82, 2.24) is 0 Å². The number of aryl methyl sites for hydroxylation is 1. The number of nitriles is 1. The van der Waals surface area contributed by atoms with Crippen LogP contribution in [0.4, 0.5) is 0 Å². The second-order valence-corrected chi connectivity index (χ2v) is 6.33. The maximum absolute atomic E-state index is 7.32. The molecular weight excluding hydrogens is 306 g/mol. The van der Waals surface area contributed by atoms with Crippen molar-refractivity contribution in [3.8, 4) is 6.07 Å². The Balaban J connectivity index is 0.000000704. The summed E-state index contributed by atoms with van der Waals surface area (Å²) in [5, 5.41) is 8.30. The van der Waals surface area contributed by atoms with Gasteiger partial charge >= 0.3 is 0 Å². The Hall–Kier alpha value is -1.04. The topological polar surface area (TPSA) is 33.0 Å². The van der Waals surface area contributed by atoms with Gasteiger partial charge in [0.05, 0.1) is 6.07 Å². The highest BCUT2D eigenvalue weighted by atomic mass is 35.5. The Morgan fingerprint density at radius 1 is 1.17 bits per heavy atom. The molecule has 2 rings (SSSR count). The molecule has 1 aliphatic rings. The van der Waals surface area contributed by atoms with Crippen LogP contribution < -0.4 is 0 Å². The number of hydrogen-bond donors (Lipinski definition) is 0. The van der Waals surface area contributed by atoms with Crippen LogP contribution in [0.5, 0.6) is 0 Å². The lowest BCUT2D eigenvalue weighted by molar-refractivity contribution is 0.277. The molecule has 1 aromatic carbocycles. The highest BCUT2D eigenvalue weighted by Gasteiger charge is 2.15. The Morgan fingerprint density at radius 3 is 2.13 bits per heavy atom. The molecule has 0 atom stereocenters. The van der Waals surface area contributed by atoms with E-state index < -0.39 is 0 Å². The molecule has 0 aliphatic heterocycles. The number of methoxy groups -OCH3 is 1. The number of hydrogen-bond acceptors (Lipinski definition) is 2. The van der Waals surface area contributed by atoms with Crippen LogP contribution >= 0.6 is 11.6 Å². The highest BCUT2D eigenvalue weighted by Crippen LogP contribution is 2.33. The maximum atomic E-state index is 7.32. The van der Waals surface area contributed by atoms with E-state index in [1.807, 2.05) is 0 Å². The van der Waals surface area contributed by atoms with E-state index in [1.54, 1.807) is 20.3 Å². The van der Waals surface area contributed by atoms with E-state index >= 15 is 0 Å². The SMILES string of the molecule is CC#N.CCCc1ccc(C2CCCCCC2)cc1Cl.COC. The fourth-order valence-electron chi connectivity index (χ4n) is 2.90. The second-order valence-electron chi connectivity index (χ2n) is 5.92. The van der Waals surface area contributed by atoms with Crippen molar-refractivity contribution in [3.05, 3.63) is 34.3 Å². The number of benzene rings is 1. The average molecular weight is 338 g/mol. The fraction of sp³-hybridized carbons (Fsp3) is 0.650. The van der Waals surface area contributed by atoms with Crippen molar-refractivity contribution in [2.24, 2.45) is 0 Å². The first-order valence-electron chi connectivity index (χ1n) is 8.63. The monoisotopic (exact) mass is 337 g/mol. The van der Waals surface area contributed by atoms with Crippen LogP contribution in [0, 0.1) is 11.3 Å². The maximum Gasteiger partial charge on any atom is 0.0587 e. The summed E-state index contributed by atoms with van der Waals surface area (Å²) >= 11 is 6.37. The van der Waals surface area contributed by atoms with E-state index in [1.165, 1.54) is 63.0 Å². The summed E-state index contributed by atoms with van der Waals surface area (Å²) < 4.78 is 4.25. The first kappa shape index (κ1) is 22.0. The molecule has 0 heterocycles.